The van der Waals surface area contributed by atoms with Gasteiger partial charge in [-0.2, -0.15) is 0 Å². The molecule has 44 heavy (non-hydrogen) atoms. The lowest BCUT2D eigenvalue weighted by Gasteiger charge is -2.09. The molecule has 0 bridgehead atoms. The van der Waals surface area contributed by atoms with E-state index in [0.717, 1.165) is 49.3 Å². The number of benzene rings is 6. The van der Waals surface area contributed by atoms with Crippen molar-refractivity contribution >= 4 is 43.8 Å². The van der Waals surface area contributed by atoms with Crippen molar-refractivity contribution in [2.75, 3.05) is 0 Å². The third kappa shape index (κ3) is 3.96. The van der Waals surface area contributed by atoms with E-state index >= 15 is 0 Å². The Kier molecular flexibility index (Phi) is 5.40. The molecule has 0 spiro atoms. The maximum atomic E-state index is 6.52. The van der Waals surface area contributed by atoms with Crippen LogP contribution >= 0.6 is 0 Å². The summed E-state index contributed by atoms with van der Waals surface area (Å²) in [5.74, 6) is 2.30. The normalized spacial score (nSPS) is 11.6. The predicted octanol–water partition coefficient (Wildman–Crippen LogP) is 9.73. The van der Waals surface area contributed by atoms with Gasteiger partial charge in [-0.15, -0.1) is 0 Å². The number of aromatic nitrogens is 4. The number of hydrogen-bond acceptors (Lipinski definition) is 6. The Morgan fingerprint density at radius 1 is 0.432 bits per heavy atom. The standard InChI is InChI=1S/C38H22N4O2/c1-3-11-24(12-4-1)35-40-36(27-19-18-23-10-7-8-15-26(23)22-27)42-37(41-35)29-17-9-16-28-32-31(43-33(28)29)21-20-30-34(32)44-38(39-30)25-13-5-2-6-14-25/h1-22H. The molecular formula is C38H22N4O2. The number of oxazole rings is 1. The second-order valence-electron chi connectivity index (χ2n) is 10.7. The molecule has 0 saturated heterocycles. The van der Waals surface area contributed by atoms with Gasteiger partial charge < -0.3 is 8.83 Å². The van der Waals surface area contributed by atoms with Gasteiger partial charge in [0.2, 0.25) is 5.89 Å². The average molecular weight is 567 g/mol. The predicted molar refractivity (Wildman–Crippen MR) is 174 cm³/mol. The van der Waals surface area contributed by atoms with E-state index < -0.39 is 0 Å². The van der Waals surface area contributed by atoms with Crippen LogP contribution in [0.4, 0.5) is 0 Å². The summed E-state index contributed by atoms with van der Waals surface area (Å²) in [5, 5.41) is 4.07. The summed E-state index contributed by atoms with van der Waals surface area (Å²) < 4.78 is 12.9. The minimum absolute atomic E-state index is 0.533. The second kappa shape index (κ2) is 9.71. The van der Waals surface area contributed by atoms with Crippen LogP contribution in [0.5, 0.6) is 0 Å². The van der Waals surface area contributed by atoms with Gasteiger partial charge in [-0.25, -0.2) is 19.9 Å². The van der Waals surface area contributed by atoms with Gasteiger partial charge in [0, 0.05) is 22.1 Å². The highest BCUT2D eigenvalue weighted by Crippen LogP contribution is 2.40. The number of hydrogen-bond donors (Lipinski definition) is 0. The third-order valence-corrected chi connectivity index (χ3v) is 7.95. The van der Waals surface area contributed by atoms with Crippen molar-refractivity contribution in [2.45, 2.75) is 0 Å². The Bertz CT molecular complexity index is 2500. The second-order valence-corrected chi connectivity index (χ2v) is 10.7. The Balaban J connectivity index is 1.27. The van der Waals surface area contributed by atoms with Crippen LogP contribution < -0.4 is 0 Å². The molecule has 0 aliphatic rings. The lowest BCUT2D eigenvalue weighted by molar-refractivity contribution is 0.622. The van der Waals surface area contributed by atoms with Gasteiger partial charge in [-0.05, 0) is 47.2 Å². The summed E-state index contributed by atoms with van der Waals surface area (Å²) in [6.45, 7) is 0. The Labute approximate surface area is 251 Å². The van der Waals surface area contributed by atoms with E-state index in [9.17, 15) is 0 Å². The largest absolute Gasteiger partial charge is 0.455 e. The molecule has 6 nitrogen and oxygen atoms in total. The van der Waals surface area contributed by atoms with Crippen molar-refractivity contribution in [1.82, 2.24) is 19.9 Å². The SMILES string of the molecule is c1ccc(-c2nc(-c3ccc4ccccc4c3)nc(-c3cccc4c3oc3ccc5nc(-c6ccccc6)oc5c34)n2)cc1. The van der Waals surface area contributed by atoms with Gasteiger partial charge in [0.05, 0.1) is 10.9 Å². The van der Waals surface area contributed by atoms with Gasteiger partial charge in [0.15, 0.2) is 23.1 Å². The Hall–Kier alpha value is -6.14. The van der Waals surface area contributed by atoms with Crippen molar-refractivity contribution < 1.29 is 8.83 Å². The van der Waals surface area contributed by atoms with Crippen LogP contribution in [-0.2, 0) is 0 Å². The Morgan fingerprint density at radius 2 is 1.14 bits per heavy atom. The average Bonchev–Trinajstić information content (AvgIpc) is 3.70. The quantitative estimate of drug-likeness (QED) is 0.211. The fraction of sp³-hybridized carbons (Fsp3) is 0. The zero-order valence-electron chi connectivity index (χ0n) is 23.3. The first-order valence-electron chi connectivity index (χ1n) is 14.4. The minimum Gasteiger partial charge on any atom is -0.455 e. The molecule has 6 aromatic carbocycles. The number of nitrogens with zero attached hydrogens (tertiary/aromatic N) is 4. The van der Waals surface area contributed by atoms with Crippen molar-refractivity contribution in [3.63, 3.8) is 0 Å². The molecule has 0 radical (unpaired) electrons. The molecule has 0 unspecified atom stereocenters. The van der Waals surface area contributed by atoms with Gasteiger partial charge in [0.1, 0.15) is 16.7 Å². The zero-order chi connectivity index (χ0) is 29.0. The first-order chi connectivity index (χ1) is 21.8. The smallest absolute Gasteiger partial charge is 0.227 e. The van der Waals surface area contributed by atoms with Gasteiger partial charge in [-0.3, -0.25) is 0 Å². The van der Waals surface area contributed by atoms with Crippen molar-refractivity contribution in [3.8, 4) is 45.6 Å². The first kappa shape index (κ1) is 24.5. The van der Waals surface area contributed by atoms with Crippen molar-refractivity contribution in [3.05, 3.63) is 133 Å². The monoisotopic (exact) mass is 566 g/mol. The summed E-state index contributed by atoms with van der Waals surface area (Å²) in [4.78, 5) is 19.7. The lowest BCUT2D eigenvalue weighted by atomic mass is 10.1. The molecule has 0 N–H and O–H groups in total. The summed E-state index contributed by atoms with van der Waals surface area (Å²) in [7, 11) is 0. The molecule has 0 aliphatic carbocycles. The molecule has 3 aromatic heterocycles. The lowest BCUT2D eigenvalue weighted by Crippen LogP contribution is -2.00. The minimum atomic E-state index is 0.533. The fourth-order valence-electron chi connectivity index (χ4n) is 5.82. The van der Waals surface area contributed by atoms with E-state index in [2.05, 4.69) is 30.3 Å². The van der Waals surface area contributed by atoms with Crippen LogP contribution in [0.3, 0.4) is 0 Å². The highest BCUT2D eigenvalue weighted by Gasteiger charge is 2.21. The van der Waals surface area contributed by atoms with Crippen LogP contribution in [-0.4, -0.2) is 19.9 Å². The van der Waals surface area contributed by atoms with E-state index in [1.165, 1.54) is 0 Å². The molecule has 9 aromatic rings. The summed E-state index contributed by atoms with van der Waals surface area (Å²) in [6, 6.07) is 44.4. The summed E-state index contributed by atoms with van der Waals surface area (Å²) >= 11 is 0. The molecule has 0 aliphatic heterocycles. The van der Waals surface area contributed by atoms with E-state index in [0.29, 0.717) is 40.1 Å². The highest BCUT2D eigenvalue weighted by atomic mass is 16.4. The van der Waals surface area contributed by atoms with Gasteiger partial charge in [0.25, 0.3) is 0 Å². The number of rotatable bonds is 4. The molecule has 206 valence electrons. The van der Waals surface area contributed by atoms with E-state index in [4.69, 9.17) is 28.8 Å². The van der Waals surface area contributed by atoms with Crippen molar-refractivity contribution in [2.24, 2.45) is 0 Å². The number of para-hydroxylation sites is 1. The maximum absolute atomic E-state index is 6.52. The third-order valence-electron chi connectivity index (χ3n) is 7.95. The van der Waals surface area contributed by atoms with Crippen LogP contribution in [0.1, 0.15) is 0 Å². The Morgan fingerprint density at radius 3 is 1.95 bits per heavy atom. The maximum Gasteiger partial charge on any atom is 0.227 e. The number of fused-ring (bicyclic) bond motifs is 6. The van der Waals surface area contributed by atoms with E-state index in [-0.39, 0.29) is 0 Å². The molecule has 0 atom stereocenters. The molecular weight excluding hydrogens is 544 g/mol. The van der Waals surface area contributed by atoms with Crippen molar-refractivity contribution in [1.29, 1.82) is 0 Å². The first-order valence-corrected chi connectivity index (χ1v) is 14.4. The van der Waals surface area contributed by atoms with Gasteiger partial charge >= 0.3 is 0 Å². The van der Waals surface area contributed by atoms with Gasteiger partial charge in [-0.1, -0.05) is 97.1 Å². The summed E-state index contributed by atoms with van der Waals surface area (Å²) in [5.41, 5.74) is 6.38. The van der Waals surface area contributed by atoms with E-state index in [1.54, 1.807) is 0 Å². The van der Waals surface area contributed by atoms with Crippen LogP contribution in [0.25, 0.3) is 89.4 Å². The highest BCUT2D eigenvalue weighted by molar-refractivity contribution is 6.18. The molecule has 0 amide bonds. The molecule has 0 saturated carbocycles. The molecule has 0 fully saturated rings. The molecule has 6 heteroatoms. The van der Waals surface area contributed by atoms with Crippen LogP contribution in [0.2, 0.25) is 0 Å². The summed E-state index contributed by atoms with van der Waals surface area (Å²) in [6.07, 6.45) is 0. The number of furan rings is 1. The fourth-order valence-corrected chi connectivity index (χ4v) is 5.82. The zero-order valence-corrected chi connectivity index (χ0v) is 23.3. The van der Waals surface area contributed by atoms with Crippen LogP contribution in [0.15, 0.2) is 142 Å². The molecule has 3 heterocycles. The van der Waals surface area contributed by atoms with E-state index in [1.807, 2.05) is 103 Å². The van der Waals surface area contributed by atoms with Crippen LogP contribution in [0, 0.1) is 0 Å². The molecule has 9 rings (SSSR count). The topological polar surface area (TPSA) is 77.8 Å².